The second-order valence-electron chi connectivity index (χ2n) is 5.38. The van der Waals surface area contributed by atoms with Gasteiger partial charge in [0.25, 0.3) is 5.82 Å². The minimum atomic E-state index is -4.58. The van der Waals surface area contributed by atoms with Crippen molar-refractivity contribution in [3.05, 3.63) is 53.9 Å². The molecule has 0 fully saturated rings. The maximum Gasteiger partial charge on any atom is 0.453 e. The largest absolute Gasteiger partial charge is 0.453 e. The van der Waals surface area contributed by atoms with Gasteiger partial charge in [0.15, 0.2) is 5.65 Å². The lowest BCUT2D eigenvalue weighted by Crippen LogP contribution is -2.13. The summed E-state index contributed by atoms with van der Waals surface area (Å²) in [6.07, 6.45) is -1.73. The Bertz CT molecular complexity index is 798. The molecule has 5 nitrogen and oxygen atoms in total. The number of halogens is 3. The molecule has 1 N–H and O–H groups in total. The van der Waals surface area contributed by atoms with Crippen LogP contribution in [0, 0.1) is 0 Å². The highest BCUT2D eigenvalue weighted by Gasteiger charge is 2.37. The summed E-state index contributed by atoms with van der Waals surface area (Å²) < 4.78 is 39.2. The van der Waals surface area contributed by atoms with E-state index in [0.717, 1.165) is 19.3 Å². The SMILES string of the molecule is FC(F)(F)c1nnc2ccc(NCCCCc3ccccc3)nn12. The van der Waals surface area contributed by atoms with E-state index >= 15 is 0 Å². The number of fused-ring (bicyclic) bond motifs is 1. The zero-order chi connectivity index (χ0) is 17.0. The quantitative estimate of drug-likeness (QED) is 0.700. The highest BCUT2D eigenvalue weighted by atomic mass is 19.4. The standard InChI is InChI=1S/C16H16F3N5/c17-16(18,19)15-22-21-14-10-9-13(23-24(14)15)20-11-5-4-8-12-6-2-1-3-7-12/h1-3,6-7,9-10H,4-5,8,11H2,(H,20,23). The fourth-order valence-electron chi connectivity index (χ4n) is 2.38. The van der Waals surface area contributed by atoms with Crippen molar-refractivity contribution in [2.45, 2.75) is 25.4 Å². The Morgan fingerprint density at radius 1 is 0.958 bits per heavy atom. The molecule has 0 saturated heterocycles. The highest BCUT2D eigenvalue weighted by molar-refractivity contribution is 5.44. The van der Waals surface area contributed by atoms with Crippen molar-refractivity contribution in [1.82, 2.24) is 19.8 Å². The minimum absolute atomic E-state index is 0.0666. The van der Waals surface area contributed by atoms with Crippen molar-refractivity contribution < 1.29 is 13.2 Å². The number of nitrogens with one attached hydrogen (secondary N) is 1. The Kier molecular flexibility index (Phi) is 4.64. The molecule has 126 valence electrons. The molecule has 0 amide bonds. The molecule has 3 rings (SSSR count). The molecule has 0 saturated carbocycles. The summed E-state index contributed by atoms with van der Waals surface area (Å²) in [7, 11) is 0. The Morgan fingerprint density at radius 3 is 2.50 bits per heavy atom. The number of hydrogen-bond donors (Lipinski definition) is 1. The van der Waals surface area contributed by atoms with E-state index in [2.05, 4.69) is 32.7 Å². The lowest BCUT2D eigenvalue weighted by Gasteiger charge is -2.07. The van der Waals surface area contributed by atoms with Crippen molar-refractivity contribution in [3.8, 4) is 0 Å². The van der Waals surface area contributed by atoms with Gasteiger partial charge >= 0.3 is 6.18 Å². The number of anilines is 1. The molecule has 1 aromatic carbocycles. The Morgan fingerprint density at radius 2 is 1.75 bits per heavy atom. The van der Waals surface area contributed by atoms with Gasteiger partial charge in [0, 0.05) is 6.54 Å². The van der Waals surface area contributed by atoms with E-state index in [0.29, 0.717) is 16.9 Å². The van der Waals surface area contributed by atoms with Crippen LogP contribution < -0.4 is 5.32 Å². The molecular weight excluding hydrogens is 319 g/mol. The van der Waals surface area contributed by atoms with E-state index in [9.17, 15) is 13.2 Å². The van der Waals surface area contributed by atoms with Crippen LogP contribution in [-0.4, -0.2) is 26.4 Å². The van der Waals surface area contributed by atoms with Crippen LogP contribution in [0.3, 0.4) is 0 Å². The zero-order valence-corrected chi connectivity index (χ0v) is 12.8. The molecular formula is C16H16F3N5. The average molecular weight is 335 g/mol. The van der Waals surface area contributed by atoms with Gasteiger partial charge in [-0.15, -0.1) is 15.3 Å². The maximum absolute atomic E-state index is 12.8. The van der Waals surface area contributed by atoms with Crippen molar-refractivity contribution in [2.75, 3.05) is 11.9 Å². The van der Waals surface area contributed by atoms with Crippen molar-refractivity contribution in [2.24, 2.45) is 0 Å². The normalized spacial score (nSPS) is 11.8. The predicted molar refractivity (Wildman–Crippen MR) is 83.7 cm³/mol. The van der Waals surface area contributed by atoms with Crippen LogP contribution in [0.5, 0.6) is 0 Å². The number of benzene rings is 1. The average Bonchev–Trinajstić information content (AvgIpc) is 2.99. The van der Waals surface area contributed by atoms with Gasteiger partial charge in [0.1, 0.15) is 5.82 Å². The second kappa shape index (κ2) is 6.86. The molecule has 0 spiro atoms. The molecule has 24 heavy (non-hydrogen) atoms. The van der Waals surface area contributed by atoms with E-state index in [4.69, 9.17) is 0 Å². The minimum Gasteiger partial charge on any atom is -0.369 e. The van der Waals surface area contributed by atoms with E-state index in [1.165, 1.54) is 11.6 Å². The van der Waals surface area contributed by atoms with Crippen LogP contribution in [0.4, 0.5) is 19.0 Å². The number of rotatable bonds is 6. The van der Waals surface area contributed by atoms with Crippen LogP contribution in [0.25, 0.3) is 5.65 Å². The van der Waals surface area contributed by atoms with Crippen LogP contribution >= 0.6 is 0 Å². The van der Waals surface area contributed by atoms with Gasteiger partial charge in [-0.2, -0.15) is 17.7 Å². The molecule has 0 aliphatic rings. The lowest BCUT2D eigenvalue weighted by atomic mass is 10.1. The maximum atomic E-state index is 12.8. The highest BCUT2D eigenvalue weighted by Crippen LogP contribution is 2.27. The van der Waals surface area contributed by atoms with Crippen LogP contribution in [0.1, 0.15) is 24.2 Å². The first-order chi connectivity index (χ1) is 11.5. The Balaban J connectivity index is 1.55. The Hall–Kier alpha value is -2.64. The lowest BCUT2D eigenvalue weighted by molar-refractivity contribution is -0.146. The predicted octanol–water partition coefficient (Wildman–Crippen LogP) is 3.58. The van der Waals surface area contributed by atoms with Gasteiger partial charge in [0.2, 0.25) is 0 Å². The molecule has 0 bridgehead atoms. The van der Waals surface area contributed by atoms with Gasteiger partial charge in [-0.25, -0.2) is 0 Å². The van der Waals surface area contributed by atoms with Crippen LogP contribution in [-0.2, 0) is 12.6 Å². The van der Waals surface area contributed by atoms with Crippen molar-refractivity contribution >= 4 is 11.5 Å². The zero-order valence-electron chi connectivity index (χ0n) is 12.8. The van der Waals surface area contributed by atoms with E-state index in [1.807, 2.05) is 18.2 Å². The molecule has 2 heterocycles. The summed E-state index contributed by atoms with van der Waals surface area (Å²) in [6.45, 7) is 0.634. The van der Waals surface area contributed by atoms with Gasteiger partial charge in [0.05, 0.1) is 0 Å². The molecule has 3 aromatic rings. The third kappa shape index (κ3) is 3.81. The van der Waals surface area contributed by atoms with E-state index < -0.39 is 12.0 Å². The summed E-state index contributed by atoms with van der Waals surface area (Å²) in [5.41, 5.74) is 1.34. The van der Waals surface area contributed by atoms with Crippen LogP contribution in [0.2, 0.25) is 0 Å². The number of nitrogens with zero attached hydrogens (tertiary/aromatic N) is 4. The smallest absolute Gasteiger partial charge is 0.369 e. The van der Waals surface area contributed by atoms with Crippen molar-refractivity contribution in [1.29, 1.82) is 0 Å². The number of hydrogen-bond acceptors (Lipinski definition) is 4. The molecule has 2 aromatic heterocycles. The summed E-state index contributed by atoms with van der Waals surface area (Å²) in [5.74, 6) is -0.752. The van der Waals surface area contributed by atoms with Gasteiger partial charge in [-0.05, 0) is 37.0 Å². The molecule has 0 aliphatic heterocycles. The van der Waals surface area contributed by atoms with E-state index in [1.54, 1.807) is 6.07 Å². The third-order valence-corrected chi connectivity index (χ3v) is 3.56. The number of aromatic nitrogens is 4. The monoisotopic (exact) mass is 335 g/mol. The number of unbranched alkanes of at least 4 members (excludes halogenated alkanes) is 1. The first-order valence-corrected chi connectivity index (χ1v) is 7.61. The Labute approximate surface area is 136 Å². The molecule has 0 aliphatic carbocycles. The summed E-state index contributed by atoms with van der Waals surface area (Å²) >= 11 is 0. The topological polar surface area (TPSA) is 55.1 Å². The summed E-state index contributed by atoms with van der Waals surface area (Å²) in [4.78, 5) is 0. The van der Waals surface area contributed by atoms with Crippen molar-refractivity contribution in [3.63, 3.8) is 0 Å². The van der Waals surface area contributed by atoms with Gasteiger partial charge in [-0.1, -0.05) is 30.3 Å². The fraction of sp³-hybridized carbons (Fsp3) is 0.312. The first-order valence-electron chi connectivity index (χ1n) is 7.61. The third-order valence-electron chi connectivity index (χ3n) is 3.56. The molecule has 0 radical (unpaired) electrons. The molecule has 8 heteroatoms. The molecule has 0 unspecified atom stereocenters. The van der Waals surface area contributed by atoms with Gasteiger partial charge < -0.3 is 5.32 Å². The summed E-state index contributed by atoms with van der Waals surface area (Å²) in [6, 6.07) is 13.2. The second-order valence-corrected chi connectivity index (χ2v) is 5.38. The number of aryl methyl sites for hydroxylation is 1. The van der Waals surface area contributed by atoms with Gasteiger partial charge in [-0.3, -0.25) is 0 Å². The first kappa shape index (κ1) is 16.2. The van der Waals surface area contributed by atoms with Crippen LogP contribution in [0.15, 0.2) is 42.5 Å². The molecule has 0 atom stereocenters. The van der Waals surface area contributed by atoms with E-state index in [-0.39, 0.29) is 5.65 Å². The number of alkyl halides is 3. The summed E-state index contributed by atoms with van der Waals surface area (Å²) in [5, 5.41) is 13.6. The fourth-order valence-corrected chi connectivity index (χ4v) is 2.38.